The highest BCUT2D eigenvalue weighted by Gasteiger charge is 2.17. The van der Waals surface area contributed by atoms with Gasteiger partial charge in [0.1, 0.15) is 0 Å². The summed E-state index contributed by atoms with van der Waals surface area (Å²) in [5.41, 5.74) is 3.65. The zero-order chi connectivity index (χ0) is 24.7. The minimum Gasteiger partial charge on any atom is -0.465 e. The number of allylic oxidation sites excluding steroid dienone is 1. The number of aromatic nitrogens is 3. The van der Waals surface area contributed by atoms with Crippen molar-refractivity contribution in [2.75, 3.05) is 12.9 Å². The summed E-state index contributed by atoms with van der Waals surface area (Å²) in [7, 11) is 1.34. The van der Waals surface area contributed by atoms with E-state index in [4.69, 9.17) is 4.74 Å². The van der Waals surface area contributed by atoms with Crippen LogP contribution in [0.1, 0.15) is 42.3 Å². The molecule has 0 aliphatic rings. The second-order valence-electron chi connectivity index (χ2n) is 8.79. The van der Waals surface area contributed by atoms with E-state index in [0.29, 0.717) is 23.8 Å². The van der Waals surface area contributed by atoms with E-state index in [1.165, 1.54) is 24.4 Å². The van der Waals surface area contributed by atoms with E-state index >= 15 is 0 Å². The average molecular weight is 479 g/mol. The van der Waals surface area contributed by atoms with Gasteiger partial charge in [-0.2, -0.15) is 0 Å². The Morgan fingerprint density at radius 2 is 1.76 bits per heavy atom. The molecule has 0 aliphatic carbocycles. The van der Waals surface area contributed by atoms with Gasteiger partial charge in [-0.05, 0) is 28.7 Å². The molecule has 1 heterocycles. The average Bonchev–Trinajstić information content (AvgIpc) is 3.23. The van der Waals surface area contributed by atoms with Crippen LogP contribution in [0.25, 0.3) is 11.4 Å². The highest BCUT2D eigenvalue weighted by molar-refractivity contribution is 7.99. The normalized spacial score (nSPS) is 11.2. The molecule has 1 amide bonds. The molecule has 0 bridgehead atoms. The molecule has 1 aromatic heterocycles. The first-order valence-electron chi connectivity index (χ1n) is 10.9. The SMILES string of the molecule is C=CCn1c(SCC(=O)NCc2ccc(C(=O)OC)cc2)nnc1-c1ccc(C(C)(C)C)cc1. The lowest BCUT2D eigenvalue weighted by atomic mass is 9.87. The van der Waals surface area contributed by atoms with Crippen molar-refractivity contribution in [3.05, 3.63) is 77.9 Å². The van der Waals surface area contributed by atoms with Gasteiger partial charge in [0.15, 0.2) is 11.0 Å². The molecule has 0 unspecified atom stereocenters. The minimum atomic E-state index is -0.389. The Labute approximate surface area is 204 Å². The molecule has 0 spiro atoms. The second-order valence-corrected chi connectivity index (χ2v) is 9.73. The zero-order valence-electron chi connectivity index (χ0n) is 20.0. The highest BCUT2D eigenvalue weighted by Crippen LogP contribution is 2.27. The number of thioether (sulfide) groups is 1. The van der Waals surface area contributed by atoms with Crippen LogP contribution in [-0.2, 0) is 28.0 Å². The van der Waals surface area contributed by atoms with Gasteiger partial charge in [0.05, 0.1) is 18.4 Å². The molecule has 3 rings (SSSR count). The Kier molecular flexibility index (Phi) is 8.28. The Hall–Kier alpha value is -3.39. The number of nitrogens with one attached hydrogen (secondary N) is 1. The Morgan fingerprint density at radius 3 is 2.35 bits per heavy atom. The van der Waals surface area contributed by atoms with Crippen LogP contribution in [0.15, 0.2) is 66.3 Å². The maximum Gasteiger partial charge on any atom is 0.337 e. The third-order valence-electron chi connectivity index (χ3n) is 5.23. The Balaban J connectivity index is 1.62. The Morgan fingerprint density at radius 1 is 1.09 bits per heavy atom. The number of carbonyl (C=O) groups excluding carboxylic acids is 2. The molecule has 34 heavy (non-hydrogen) atoms. The Bertz CT molecular complexity index is 1150. The van der Waals surface area contributed by atoms with Gasteiger partial charge in [0.2, 0.25) is 5.91 Å². The number of amides is 1. The minimum absolute atomic E-state index is 0.0745. The van der Waals surface area contributed by atoms with Gasteiger partial charge in [-0.3, -0.25) is 9.36 Å². The predicted molar refractivity (Wildman–Crippen MR) is 135 cm³/mol. The fraction of sp³-hybridized carbons (Fsp3) is 0.308. The maximum atomic E-state index is 12.4. The first-order valence-corrected chi connectivity index (χ1v) is 11.9. The van der Waals surface area contributed by atoms with E-state index in [-0.39, 0.29) is 23.0 Å². The van der Waals surface area contributed by atoms with Crippen LogP contribution in [0.4, 0.5) is 0 Å². The monoisotopic (exact) mass is 478 g/mol. The summed E-state index contributed by atoms with van der Waals surface area (Å²) >= 11 is 1.33. The van der Waals surface area contributed by atoms with Crippen molar-refractivity contribution in [1.82, 2.24) is 20.1 Å². The van der Waals surface area contributed by atoms with Crippen LogP contribution in [0, 0.1) is 0 Å². The van der Waals surface area contributed by atoms with E-state index in [1.54, 1.807) is 30.3 Å². The number of nitrogens with zero attached hydrogens (tertiary/aromatic N) is 3. The molecule has 0 saturated carbocycles. The molecule has 1 N–H and O–H groups in total. The third kappa shape index (κ3) is 6.35. The van der Waals surface area contributed by atoms with Crippen LogP contribution in [-0.4, -0.2) is 39.5 Å². The molecule has 0 fully saturated rings. The standard InChI is InChI=1S/C26H30N4O3S/c1-6-15-30-23(19-11-13-21(14-12-19)26(2,3)4)28-29-25(30)34-17-22(31)27-16-18-7-9-20(10-8-18)24(32)33-5/h6-14H,1,15-17H2,2-5H3,(H,27,31). The smallest absolute Gasteiger partial charge is 0.337 e. The molecule has 3 aromatic rings. The van der Waals surface area contributed by atoms with Crippen LogP contribution in [0.3, 0.4) is 0 Å². The quantitative estimate of drug-likeness (QED) is 0.274. The fourth-order valence-electron chi connectivity index (χ4n) is 3.28. The van der Waals surface area contributed by atoms with E-state index in [1.807, 2.05) is 4.57 Å². The molecule has 0 aliphatic heterocycles. The first-order chi connectivity index (χ1) is 16.2. The number of rotatable bonds is 9. The zero-order valence-corrected chi connectivity index (χ0v) is 20.8. The van der Waals surface area contributed by atoms with Gasteiger partial charge in [0.25, 0.3) is 0 Å². The van der Waals surface area contributed by atoms with Crippen LogP contribution >= 0.6 is 11.8 Å². The summed E-state index contributed by atoms with van der Waals surface area (Å²) in [5.74, 6) is 0.443. The van der Waals surface area contributed by atoms with E-state index in [0.717, 1.165) is 17.0 Å². The van der Waals surface area contributed by atoms with Crippen molar-refractivity contribution in [1.29, 1.82) is 0 Å². The van der Waals surface area contributed by atoms with Crippen molar-refractivity contribution < 1.29 is 14.3 Å². The lowest BCUT2D eigenvalue weighted by molar-refractivity contribution is -0.118. The van der Waals surface area contributed by atoms with Crippen LogP contribution < -0.4 is 5.32 Å². The van der Waals surface area contributed by atoms with Crippen molar-refractivity contribution in [2.45, 2.75) is 44.4 Å². The molecule has 0 radical (unpaired) electrons. The van der Waals surface area contributed by atoms with E-state index in [9.17, 15) is 9.59 Å². The molecular weight excluding hydrogens is 448 g/mol. The highest BCUT2D eigenvalue weighted by atomic mass is 32.2. The topological polar surface area (TPSA) is 86.1 Å². The summed E-state index contributed by atoms with van der Waals surface area (Å²) in [4.78, 5) is 23.9. The lowest BCUT2D eigenvalue weighted by Gasteiger charge is -2.19. The number of hydrogen-bond donors (Lipinski definition) is 1. The first kappa shape index (κ1) is 25.2. The number of methoxy groups -OCH3 is 1. The molecule has 0 atom stereocenters. The molecular formula is C26H30N4O3S. The predicted octanol–water partition coefficient (Wildman–Crippen LogP) is 4.62. The third-order valence-corrected chi connectivity index (χ3v) is 6.20. The molecule has 2 aromatic carbocycles. The number of carbonyl (C=O) groups is 2. The number of ether oxygens (including phenoxy) is 1. The van der Waals surface area contributed by atoms with E-state index in [2.05, 4.69) is 67.1 Å². The second kappa shape index (κ2) is 11.2. The van der Waals surface area contributed by atoms with Gasteiger partial charge in [-0.1, -0.05) is 75.0 Å². The van der Waals surface area contributed by atoms with E-state index < -0.39 is 0 Å². The fourth-order valence-corrected chi connectivity index (χ4v) is 4.06. The van der Waals surface area contributed by atoms with Crippen LogP contribution in [0.5, 0.6) is 0 Å². The number of hydrogen-bond acceptors (Lipinski definition) is 6. The van der Waals surface area contributed by atoms with Gasteiger partial charge in [0, 0.05) is 18.7 Å². The van der Waals surface area contributed by atoms with Crippen molar-refractivity contribution in [3.63, 3.8) is 0 Å². The molecule has 178 valence electrons. The van der Waals surface area contributed by atoms with Crippen molar-refractivity contribution >= 4 is 23.6 Å². The van der Waals surface area contributed by atoms with Gasteiger partial charge in [-0.25, -0.2) is 4.79 Å². The summed E-state index contributed by atoms with van der Waals surface area (Å²) in [6.07, 6.45) is 1.79. The summed E-state index contributed by atoms with van der Waals surface area (Å²) in [6.45, 7) is 11.3. The summed E-state index contributed by atoms with van der Waals surface area (Å²) < 4.78 is 6.65. The van der Waals surface area contributed by atoms with Crippen molar-refractivity contribution in [3.8, 4) is 11.4 Å². The number of esters is 1. The summed E-state index contributed by atoms with van der Waals surface area (Å²) in [5, 5.41) is 12.2. The maximum absolute atomic E-state index is 12.4. The molecule has 8 heteroatoms. The largest absolute Gasteiger partial charge is 0.465 e. The van der Waals surface area contributed by atoms with Gasteiger partial charge >= 0.3 is 5.97 Å². The lowest BCUT2D eigenvalue weighted by Crippen LogP contribution is -2.24. The van der Waals surface area contributed by atoms with Crippen LogP contribution in [0.2, 0.25) is 0 Å². The molecule has 7 nitrogen and oxygen atoms in total. The molecule has 0 saturated heterocycles. The van der Waals surface area contributed by atoms with Crippen molar-refractivity contribution in [2.24, 2.45) is 0 Å². The number of benzene rings is 2. The summed E-state index contributed by atoms with van der Waals surface area (Å²) in [6, 6.07) is 15.3. The van der Waals surface area contributed by atoms with Gasteiger partial charge in [-0.15, -0.1) is 16.8 Å². The van der Waals surface area contributed by atoms with Gasteiger partial charge < -0.3 is 10.1 Å².